The standard InChI is InChI=1S/C18H20N4/c1-12-4-8-14(9-5-12)18(2,3)17-21-20-16-15(13-6-7-13)19-10-11-22(16)17/h4-5,8-11,13H,6-7H2,1-3H3. The van der Waals surface area contributed by atoms with Gasteiger partial charge in [-0.1, -0.05) is 29.8 Å². The summed E-state index contributed by atoms with van der Waals surface area (Å²) < 4.78 is 2.11. The molecule has 0 aliphatic heterocycles. The van der Waals surface area contributed by atoms with E-state index in [-0.39, 0.29) is 5.41 Å². The van der Waals surface area contributed by atoms with Crippen molar-refractivity contribution in [2.75, 3.05) is 0 Å². The van der Waals surface area contributed by atoms with E-state index in [1.54, 1.807) is 0 Å². The molecule has 22 heavy (non-hydrogen) atoms. The van der Waals surface area contributed by atoms with Crippen molar-refractivity contribution in [2.24, 2.45) is 0 Å². The summed E-state index contributed by atoms with van der Waals surface area (Å²) in [6.45, 7) is 6.51. The fraction of sp³-hybridized carbons (Fsp3) is 0.389. The van der Waals surface area contributed by atoms with E-state index in [4.69, 9.17) is 0 Å². The molecular weight excluding hydrogens is 272 g/mol. The van der Waals surface area contributed by atoms with E-state index >= 15 is 0 Å². The summed E-state index contributed by atoms with van der Waals surface area (Å²) in [5, 5.41) is 8.95. The van der Waals surface area contributed by atoms with Crippen LogP contribution >= 0.6 is 0 Å². The number of fused-ring (bicyclic) bond motifs is 1. The van der Waals surface area contributed by atoms with Crippen LogP contribution in [0.15, 0.2) is 36.7 Å². The third kappa shape index (κ3) is 2.02. The Kier molecular flexibility index (Phi) is 2.83. The molecule has 3 aromatic rings. The number of rotatable bonds is 3. The molecule has 0 bridgehead atoms. The van der Waals surface area contributed by atoms with Gasteiger partial charge >= 0.3 is 0 Å². The van der Waals surface area contributed by atoms with Crippen molar-refractivity contribution in [3.63, 3.8) is 0 Å². The van der Waals surface area contributed by atoms with Gasteiger partial charge in [-0.15, -0.1) is 10.2 Å². The van der Waals surface area contributed by atoms with Gasteiger partial charge in [-0.3, -0.25) is 9.38 Å². The zero-order valence-corrected chi connectivity index (χ0v) is 13.2. The maximum Gasteiger partial charge on any atom is 0.182 e. The highest BCUT2D eigenvalue weighted by molar-refractivity contribution is 5.48. The average Bonchev–Trinajstić information content (AvgIpc) is 3.25. The summed E-state index contributed by atoms with van der Waals surface area (Å²) in [4.78, 5) is 4.53. The molecule has 0 radical (unpaired) electrons. The summed E-state index contributed by atoms with van der Waals surface area (Å²) in [5.74, 6) is 1.54. The number of aryl methyl sites for hydroxylation is 1. The SMILES string of the molecule is Cc1ccc(C(C)(C)c2nnc3c(C4CC4)nccn23)cc1. The molecule has 1 saturated carbocycles. The minimum absolute atomic E-state index is 0.199. The predicted molar refractivity (Wildman–Crippen MR) is 86.1 cm³/mol. The molecular formula is C18H20N4. The zero-order valence-electron chi connectivity index (χ0n) is 13.2. The fourth-order valence-corrected chi connectivity index (χ4v) is 3.02. The van der Waals surface area contributed by atoms with Crippen LogP contribution in [0.1, 0.15) is 55.3 Å². The Balaban J connectivity index is 1.86. The molecule has 4 heteroatoms. The van der Waals surface area contributed by atoms with Gasteiger partial charge < -0.3 is 0 Å². The van der Waals surface area contributed by atoms with Crippen molar-refractivity contribution >= 4 is 5.65 Å². The monoisotopic (exact) mass is 292 g/mol. The molecule has 1 aliphatic carbocycles. The molecule has 1 fully saturated rings. The lowest BCUT2D eigenvalue weighted by Gasteiger charge is -2.23. The highest BCUT2D eigenvalue weighted by atomic mass is 15.3. The van der Waals surface area contributed by atoms with Crippen LogP contribution in [0.2, 0.25) is 0 Å². The molecule has 112 valence electrons. The molecule has 0 spiro atoms. The first-order chi connectivity index (χ1) is 10.6. The van der Waals surface area contributed by atoms with Crippen LogP contribution in [0.5, 0.6) is 0 Å². The molecule has 0 N–H and O–H groups in total. The molecule has 4 nitrogen and oxygen atoms in total. The normalized spacial score (nSPS) is 15.4. The van der Waals surface area contributed by atoms with Gasteiger partial charge in [-0.05, 0) is 39.2 Å². The zero-order chi connectivity index (χ0) is 15.3. The first-order valence-corrected chi connectivity index (χ1v) is 7.84. The second kappa shape index (κ2) is 4.63. The summed E-state index contributed by atoms with van der Waals surface area (Å²) in [7, 11) is 0. The number of hydrogen-bond donors (Lipinski definition) is 0. The van der Waals surface area contributed by atoms with Crippen LogP contribution in [0.25, 0.3) is 5.65 Å². The third-order valence-corrected chi connectivity index (χ3v) is 4.65. The van der Waals surface area contributed by atoms with Crippen molar-refractivity contribution < 1.29 is 0 Å². The third-order valence-electron chi connectivity index (χ3n) is 4.65. The number of nitrogens with zero attached hydrogens (tertiary/aromatic N) is 4. The van der Waals surface area contributed by atoms with Gasteiger partial charge in [-0.2, -0.15) is 0 Å². The Morgan fingerprint density at radius 3 is 2.50 bits per heavy atom. The number of aromatic nitrogens is 4. The van der Waals surface area contributed by atoms with Gasteiger partial charge in [0, 0.05) is 18.3 Å². The quantitative estimate of drug-likeness (QED) is 0.740. The molecule has 1 aliphatic rings. The maximum atomic E-state index is 4.53. The van der Waals surface area contributed by atoms with E-state index in [2.05, 4.69) is 64.6 Å². The molecule has 4 rings (SSSR count). The molecule has 0 atom stereocenters. The first kappa shape index (κ1) is 13.4. The fourth-order valence-electron chi connectivity index (χ4n) is 3.02. The largest absolute Gasteiger partial charge is 0.283 e. The molecule has 0 saturated heterocycles. The summed E-state index contributed by atoms with van der Waals surface area (Å²) in [5.41, 5.74) is 4.33. The van der Waals surface area contributed by atoms with Crippen molar-refractivity contribution in [3.8, 4) is 0 Å². The lowest BCUT2D eigenvalue weighted by atomic mass is 9.83. The van der Waals surface area contributed by atoms with Crippen LogP contribution < -0.4 is 0 Å². The van der Waals surface area contributed by atoms with Gasteiger partial charge in [0.05, 0.1) is 11.1 Å². The van der Waals surface area contributed by atoms with Gasteiger partial charge in [0.1, 0.15) is 5.82 Å². The summed E-state index contributed by atoms with van der Waals surface area (Å²) in [6, 6.07) is 8.66. The van der Waals surface area contributed by atoms with Crippen LogP contribution in [0.3, 0.4) is 0 Å². The van der Waals surface area contributed by atoms with Crippen LogP contribution in [0.4, 0.5) is 0 Å². The van der Waals surface area contributed by atoms with E-state index in [0.717, 1.165) is 17.2 Å². The van der Waals surface area contributed by atoms with E-state index in [0.29, 0.717) is 5.92 Å². The Bertz CT molecular complexity index is 826. The minimum atomic E-state index is -0.199. The average molecular weight is 292 g/mol. The maximum absolute atomic E-state index is 4.53. The van der Waals surface area contributed by atoms with Gasteiger partial charge in [0.25, 0.3) is 0 Å². The molecule has 2 aromatic heterocycles. The summed E-state index contributed by atoms with van der Waals surface area (Å²) >= 11 is 0. The second-order valence-corrected chi connectivity index (χ2v) is 6.79. The first-order valence-electron chi connectivity index (χ1n) is 7.84. The van der Waals surface area contributed by atoms with Crippen LogP contribution in [-0.2, 0) is 5.41 Å². The Morgan fingerprint density at radius 2 is 1.82 bits per heavy atom. The van der Waals surface area contributed by atoms with Gasteiger partial charge in [0.2, 0.25) is 0 Å². The van der Waals surface area contributed by atoms with Crippen molar-refractivity contribution in [2.45, 2.75) is 44.9 Å². The van der Waals surface area contributed by atoms with Gasteiger partial charge in [0.15, 0.2) is 5.65 Å². The lowest BCUT2D eigenvalue weighted by molar-refractivity contribution is 0.582. The van der Waals surface area contributed by atoms with E-state index < -0.39 is 0 Å². The second-order valence-electron chi connectivity index (χ2n) is 6.79. The van der Waals surface area contributed by atoms with E-state index in [9.17, 15) is 0 Å². The summed E-state index contributed by atoms with van der Waals surface area (Å²) in [6.07, 6.45) is 6.29. The van der Waals surface area contributed by atoms with Crippen molar-refractivity contribution in [1.29, 1.82) is 0 Å². The topological polar surface area (TPSA) is 43.1 Å². The van der Waals surface area contributed by atoms with E-state index in [1.165, 1.54) is 24.0 Å². The van der Waals surface area contributed by atoms with Crippen LogP contribution in [0, 0.1) is 6.92 Å². The highest BCUT2D eigenvalue weighted by Gasteiger charge is 2.32. The van der Waals surface area contributed by atoms with Gasteiger partial charge in [-0.25, -0.2) is 0 Å². The molecule has 1 aromatic carbocycles. The highest BCUT2D eigenvalue weighted by Crippen LogP contribution is 2.41. The van der Waals surface area contributed by atoms with Crippen molar-refractivity contribution in [1.82, 2.24) is 19.6 Å². The molecule has 0 unspecified atom stereocenters. The Hall–Kier alpha value is -2.23. The molecule has 2 heterocycles. The van der Waals surface area contributed by atoms with Crippen molar-refractivity contribution in [3.05, 3.63) is 59.3 Å². The smallest absolute Gasteiger partial charge is 0.182 e. The molecule has 0 amide bonds. The van der Waals surface area contributed by atoms with E-state index in [1.807, 2.05) is 12.4 Å². The minimum Gasteiger partial charge on any atom is -0.283 e. The lowest BCUT2D eigenvalue weighted by Crippen LogP contribution is -2.22. The Morgan fingerprint density at radius 1 is 1.09 bits per heavy atom. The Labute approximate surface area is 130 Å². The van der Waals surface area contributed by atoms with Crippen LogP contribution in [-0.4, -0.2) is 19.6 Å². The predicted octanol–water partition coefficient (Wildman–Crippen LogP) is 3.64. The number of benzene rings is 1. The number of hydrogen-bond acceptors (Lipinski definition) is 3.